The monoisotopic (exact) mass is 192 g/mol. The smallest absolute Gasteiger partial charge is 0.133 e. The molecule has 0 aromatic rings. The summed E-state index contributed by atoms with van der Waals surface area (Å²) in [7, 11) is 0. The van der Waals surface area contributed by atoms with E-state index in [1.54, 1.807) is 6.92 Å². The molecule has 3 rings (SSSR count). The fourth-order valence-electron chi connectivity index (χ4n) is 3.14. The number of hydrogen-bond acceptors (Lipinski definition) is 2. The first-order chi connectivity index (χ1) is 6.74. The molecule has 0 N–H and O–H groups in total. The molecule has 1 fully saturated rings. The van der Waals surface area contributed by atoms with Crippen LogP contribution in [0.25, 0.3) is 0 Å². The SMILES string of the molecule is CC(=O)C1C2C=CC(CC2)C1CC=O. The number of hydrogen-bond donors (Lipinski definition) is 0. The lowest BCUT2D eigenvalue weighted by Gasteiger charge is -2.43. The van der Waals surface area contributed by atoms with Gasteiger partial charge in [-0.3, -0.25) is 4.79 Å². The zero-order chi connectivity index (χ0) is 10.1. The number of aldehydes is 1. The maximum Gasteiger partial charge on any atom is 0.133 e. The number of rotatable bonds is 3. The number of Topliss-reactive ketones (excluding diaryl/α,β-unsaturated/α-hetero) is 1. The van der Waals surface area contributed by atoms with Crippen LogP contribution in [0.3, 0.4) is 0 Å². The molecule has 0 radical (unpaired) electrons. The molecule has 76 valence electrons. The van der Waals surface area contributed by atoms with Crippen LogP contribution in [0.2, 0.25) is 0 Å². The average molecular weight is 192 g/mol. The summed E-state index contributed by atoms with van der Waals surface area (Å²) >= 11 is 0. The van der Waals surface area contributed by atoms with E-state index in [0.717, 1.165) is 19.1 Å². The third-order valence-corrected chi connectivity index (χ3v) is 3.75. The molecule has 2 bridgehead atoms. The van der Waals surface area contributed by atoms with Gasteiger partial charge in [-0.2, -0.15) is 0 Å². The summed E-state index contributed by atoms with van der Waals surface area (Å²) in [4.78, 5) is 22.1. The van der Waals surface area contributed by atoms with E-state index in [-0.39, 0.29) is 17.6 Å². The van der Waals surface area contributed by atoms with E-state index in [1.165, 1.54) is 0 Å². The van der Waals surface area contributed by atoms with Crippen LogP contribution in [0.1, 0.15) is 26.2 Å². The van der Waals surface area contributed by atoms with Gasteiger partial charge in [-0.05, 0) is 37.5 Å². The second-order valence-corrected chi connectivity index (χ2v) is 4.49. The van der Waals surface area contributed by atoms with E-state index >= 15 is 0 Å². The van der Waals surface area contributed by atoms with Crippen molar-refractivity contribution in [2.24, 2.45) is 23.7 Å². The molecule has 14 heavy (non-hydrogen) atoms. The Kier molecular flexibility index (Phi) is 2.53. The van der Waals surface area contributed by atoms with Crippen molar-refractivity contribution in [2.75, 3.05) is 0 Å². The molecule has 0 aromatic carbocycles. The summed E-state index contributed by atoms with van der Waals surface area (Å²) in [5, 5.41) is 0. The van der Waals surface area contributed by atoms with Gasteiger partial charge in [-0.1, -0.05) is 12.2 Å². The molecule has 3 aliphatic rings. The van der Waals surface area contributed by atoms with E-state index < -0.39 is 0 Å². The van der Waals surface area contributed by atoms with Gasteiger partial charge >= 0.3 is 0 Å². The van der Waals surface area contributed by atoms with Crippen LogP contribution < -0.4 is 0 Å². The second-order valence-electron chi connectivity index (χ2n) is 4.49. The minimum absolute atomic E-state index is 0.115. The third kappa shape index (κ3) is 1.43. The lowest BCUT2D eigenvalue weighted by atomic mass is 9.60. The van der Waals surface area contributed by atoms with E-state index in [0.29, 0.717) is 18.3 Å². The minimum Gasteiger partial charge on any atom is -0.303 e. The zero-order valence-corrected chi connectivity index (χ0v) is 8.48. The van der Waals surface area contributed by atoms with Gasteiger partial charge in [0.2, 0.25) is 0 Å². The summed E-state index contributed by atoms with van der Waals surface area (Å²) in [6.07, 6.45) is 8.19. The zero-order valence-electron chi connectivity index (χ0n) is 8.48. The molecule has 0 aliphatic heterocycles. The van der Waals surface area contributed by atoms with Crippen LogP contribution in [-0.2, 0) is 9.59 Å². The Morgan fingerprint density at radius 3 is 2.50 bits per heavy atom. The molecule has 2 heteroatoms. The van der Waals surface area contributed by atoms with Crippen molar-refractivity contribution in [1.82, 2.24) is 0 Å². The van der Waals surface area contributed by atoms with Crippen molar-refractivity contribution >= 4 is 12.1 Å². The Morgan fingerprint density at radius 1 is 1.36 bits per heavy atom. The summed E-state index contributed by atoms with van der Waals surface area (Å²) in [6.45, 7) is 1.66. The number of carbonyl (C=O) groups excluding carboxylic acids is 2. The first-order valence-corrected chi connectivity index (χ1v) is 5.36. The minimum atomic E-state index is 0.115. The van der Waals surface area contributed by atoms with Gasteiger partial charge in [0.15, 0.2) is 0 Å². The molecule has 0 amide bonds. The average Bonchev–Trinajstić information content (AvgIpc) is 2.19. The molecule has 4 atom stereocenters. The predicted molar refractivity (Wildman–Crippen MR) is 53.7 cm³/mol. The molecule has 4 unspecified atom stereocenters. The van der Waals surface area contributed by atoms with Crippen LogP contribution in [0.15, 0.2) is 12.2 Å². The molecule has 0 saturated heterocycles. The van der Waals surface area contributed by atoms with Gasteiger partial charge in [0, 0.05) is 12.3 Å². The molecule has 0 aromatic heterocycles. The summed E-state index contributed by atoms with van der Waals surface area (Å²) in [6, 6.07) is 0. The molecular formula is C12H16O2. The van der Waals surface area contributed by atoms with Crippen LogP contribution >= 0.6 is 0 Å². The fourth-order valence-corrected chi connectivity index (χ4v) is 3.14. The number of fused-ring (bicyclic) bond motifs is 2. The quantitative estimate of drug-likeness (QED) is 0.506. The molecule has 0 heterocycles. The first-order valence-electron chi connectivity index (χ1n) is 5.36. The fraction of sp³-hybridized carbons (Fsp3) is 0.667. The Hall–Kier alpha value is -0.920. The largest absolute Gasteiger partial charge is 0.303 e. The van der Waals surface area contributed by atoms with Crippen molar-refractivity contribution in [3.63, 3.8) is 0 Å². The molecule has 2 nitrogen and oxygen atoms in total. The van der Waals surface area contributed by atoms with E-state index in [9.17, 15) is 9.59 Å². The molecular weight excluding hydrogens is 176 g/mol. The molecule has 1 saturated carbocycles. The van der Waals surface area contributed by atoms with E-state index in [2.05, 4.69) is 12.2 Å². The van der Waals surface area contributed by atoms with Gasteiger partial charge in [-0.25, -0.2) is 0 Å². The van der Waals surface area contributed by atoms with Crippen LogP contribution in [0.4, 0.5) is 0 Å². The summed E-state index contributed by atoms with van der Waals surface area (Å²) < 4.78 is 0. The van der Waals surface area contributed by atoms with Crippen molar-refractivity contribution in [3.05, 3.63) is 12.2 Å². The van der Waals surface area contributed by atoms with Crippen molar-refractivity contribution in [3.8, 4) is 0 Å². The van der Waals surface area contributed by atoms with Gasteiger partial charge < -0.3 is 4.79 Å². The number of ketones is 1. The van der Waals surface area contributed by atoms with Crippen molar-refractivity contribution in [2.45, 2.75) is 26.2 Å². The maximum absolute atomic E-state index is 11.5. The van der Waals surface area contributed by atoms with Crippen LogP contribution in [0.5, 0.6) is 0 Å². The predicted octanol–water partition coefficient (Wildman–Crippen LogP) is 1.99. The summed E-state index contributed by atoms with van der Waals surface area (Å²) in [5.41, 5.74) is 0. The highest BCUT2D eigenvalue weighted by Gasteiger charge is 2.42. The topological polar surface area (TPSA) is 34.1 Å². The lowest BCUT2D eigenvalue weighted by Crippen LogP contribution is -2.40. The van der Waals surface area contributed by atoms with Crippen molar-refractivity contribution < 1.29 is 9.59 Å². The lowest BCUT2D eigenvalue weighted by molar-refractivity contribution is -0.126. The van der Waals surface area contributed by atoms with Gasteiger partial charge in [-0.15, -0.1) is 0 Å². The molecule has 3 aliphatic carbocycles. The van der Waals surface area contributed by atoms with E-state index in [1.807, 2.05) is 0 Å². The Labute approximate surface area is 84.4 Å². The van der Waals surface area contributed by atoms with Gasteiger partial charge in [0.1, 0.15) is 12.1 Å². The van der Waals surface area contributed by atoms with Gasteiger partial charge in [0.05, 0.1) is 0 Å². The highest BCUT2D eigenvalue weighted by Crippen LogP contribution is 2.46. The first kappa shape index (κ1) is 9.63. The Balaban J connectivity index is 2.24. The van der Waals surface area contributed by atoms with Gasteiger partial charge in [0.25, 0.3) is 0 Å². The molecule has 0 spiro atoms. The second kappa shape index (κ2) is 3.68. The van der Waals surface area contributed by atoms with Crippen LogP contribution in [-0.4, -0.2) is 12.1 Å². The van der Waals surface area contributed by atoms with Crippen LogP contribution in [0, 0.1) is 23.7 Å². The number of allylic oxidation sites excluding steroid dienone is 2. The standard InChI is InChI=1S/C12H16O2/c1-8(14)12-10-4-2-9(3-5-10)11(12)6-7-13/h2,4,7,9-12H,3,5-6H2,1H3. The Bertz CT molecular complexity index is 280. The number of carbonyl (C=O) groups is 2. The highest BCUT2D eigenvalue weighted by atomic mass is 16.1. The summed E-state index contributed by atoms with van der Waals surface area (Å²) in [5.74, 6) is 1.54. The normalized spacial score (nSPS) is 39.8. The Morgan fingerprint density at radius 2 is 2.00 bits per heavy atom. The van der Waals surface area contributed by atoms with Crippen molar-refractivity contribution in [1.29, 1.82) is 0 Å². The highest BCUT2D eigenvalue weighted by molar-refractivity contribution is 5.80. The maximum atomic E-state index is 11.5. The third-order valence-electron chi connectivity index (χ3n) is 3.75. The van der Waals surface area contributed by atoms with E-state index in [4.69, 9.17) is 0 Å².